The number of amides is 1. The van der Waals surface area contributed by atoms with E-state index in [0.717, 1.165) is 29.8 Å². The predicted molar refractivity (Wildman–Crippen MR) is 119 cm³/mol. The van der Waals surface area contributed by atoms with E-state index in [4.69, 9.17) is 4.74 Å². The molecule has 5 heteroatoms. The summed E-state index contributed by atoms with van der Waals surface area (Å²) in [6.07, 6.45) is 3.12. The molecule has 154 valence electrons. The smallest absolute Gasteiger partial charge is 0.244 e. The predicted octanol–water partition coefficient (Wildman–Crippen LogP) is 4.50. The van der Waals surface area contributed by atoms with E-state index in [1.807, 2.05) is 24.3 Å². The second-order valence-electron chi connectivity index (χ2n) is 8.30. The van der Waals surface area contributed by atoms with E-state index in [1.165, 1.54) is 11.3 Å². The summed E-state index contributed by atoms with van der Waals surface area (Å²) >= 11 is 0. The Balaban J connectivity index is 1.65. The molecule has 1 heterocycles. The van der Waals surface area contributed by atoms with Crippen LogP contribution in [0.1, 0.15) is 56.7 Å². The minimum atomic E-state index is -0.142. The number of carbonyl (C=O) groups is 1. The lowest BCUT2D eigenvalue weighted by molar-refractivity contribution is -0.120. The van der Waals surface area contributed by atoms with Gasteiger partial charge in [-0.1, -0.05) is 25.1 Å². The van der Waals surface area contributed by atoms with Crippen LogP contribution in [0, 0.1) is 0 Å². The summed E-state index contributed by atoms with van der Waals surface area (Å²) in [5.74, 6) is 1.12. The molecule has 0 radical (unpaired) electrons. The van der Waals surface area contributed by atoms with Gasteiger partial charge >= 0.3 is 0 Å². The molecule has 2 aromatic carbocycles. The van der Waals surface area contributed by atoms with Crippen molar-refractivity contribution in [3.05, 3.63) is 59.2 Å². The molecule has 5 nitrogen and oxygen atoms in total. The van der Waals surface area contributed by atoms with Crippen molar-refractivity contribution in [1.29, 1.82) is 0 Å². The third-order valence-electron chi connectivity index (χ3n) is 5.65. The van der Waals surface area contributed by atoms with Gasteiger partial charge in [0.05, 0.1) is 19.7 Å². The van der Waals surface area contributed by atoms with Crippen molar-refractivity contribution in [1.82, 2.24) is 5.43 Å². The van der Waals surface area contributed by atoms with Gasteiger partial charge < -0.3 is 9.64 Å². The number of nitrogens with zero attached hydrogens (tertiary/aromatic N) is 2. The van der Waals surface area contributed by atoms with Gasteiger partial charge in [-0.25, -0.2) is 5.43 Å². The fourth-order valence-corrected chi connectivity index (χ4v) is 4.33. The van der Waals surface area contributed by atoms with Gasteiger partial charge in [-0.15, -0.1) is 0 Å². The quantitative estimate of drug-likeness (QED) is 0.581. The van der Waals surface area contributed by atoms with Gasteiger partial charge in [0, 0.05) is 17.8 Å². The molecule has 0 saturated carbocycles. The average Bonchev–Trinajstić information content (AvgIpc) is 2.68. The summed E-state index contributed by atoms with van der Waals surface area (Å²) in [5, 5.41) is 4.15. The highest BCUT2D eigenvalue weighted by atomic mass is 16.5. The normalized spacial score (nSPS) is 17.8. The maximum atomic E-state index is 12.1. The maximum Gasteiger partial charge on any atom is 0.244 e. The number of hydrazone groups is 1. The standard InChI is InChI=1S/C24H31N3O2/c1-6-27-22-12-9-19(13-21(22)17(2)15-24(27,3)4)16-25-26-23(28)14-18-7-10-20(29-5)11-8-18/h7-13,16-17H,6,14-15H2,1-5H3,(H,26,28)/b25-16+/t17-/m0/s1. The van der Waals surface area contributed by atoms with E-state index in [-0.39, 0.29) is 17.9 Å². The molecule has 1 aliphatic rings. The zero-order valence-corrected chi connectivity index (χ0v) is 18.0. The van der Waals surface area contributed by atoms with Crippen LogP contribution in [0.25, 0.3) is 0 Å². The third-order valence-corrected chi connectivity index (χ3v) is 5.65. The van der Waals surface area contributed by atoms with Crippen LogP contribution in [0.5, 0.6) is 5.75 Å². The topological polar surface area (TPSA) is 53.9 Å². The fraction of sp³-hybridized carbons (Fsp3) is 0.417. The van der Waals surface area contributed by atoms with Crippen molar-refractivity contribution < 1.29 is 9.53 Å². The van der Waals surface area contributed by atoms with Gasteiger partial charge in [-0.05, 0) is 74.1 Å². The van der Waals surface area contributed by atoms with Crippen LogP contribution in [-0.2, 0) is 11.2 Å². The number of nitrogens with one attached hydrogen (secondary N) is 1. The molecule has 0 aromatic heterocycles. The van der Waals surface area contributed by atoms with Gasteiger partial charge in [0.15, 0.2) is 0 Å². The molecule has 0 unspecified atom stereocenters. The molecule has 0 aliphatic carbocycles. The SMILES string of the molecule is CCN1c2ccc(/C=N/NC(=O)Cc3ccc(OC)cc3)cc2[C@@H](C)CC1(C)C. The molecule has 2 aromatic rings. The van der Waals surface area contributed by atoms with Gasteiger partial charge in [-0.2, -0.15) is 5.10 Å². The van der Waals surface area contributed by atoms with Crippen LogP contribution < -0.4 is 15.1 Å². The molecule has 0 saturated heterocycles. The molecule has 1 aliphatic heterocycles. The summed E-state index contributed by atoms with van der Waals surface area (Å²) in [6, 6.07) is 13.9. The molecule has 1 amide bonds. The molecular weight excluding hydrogens is 362 g/mol. The van der Waals surface area contributed by atoms with Crippen molar-refractivity contribution >= 4 is 17.8 Å². The Kier molecular flexibility index (Phi) is 6.26. The van der Waals surface area contributed by atoms with Crippen molar-refractivity contribution in [2.45, 2.75) is 52.0 Å². The first-order valence-corrected chi connectivity index (χ1v) is 10.2. The zero-order valence-electron chi connectivity index (χ0n) is 18.0. The lowest BCUT2D eigenvalue weighted by Gasteiger charge is -2.47. The van der Waals surface area contributed by atoms with Crippen LogP contribution in [-0.4, -0.2) is 31.3 Å². The van der Waals surface area contributed by atoms with Crippen LogP contribution in [0.15, 0.2) is 47.6 Å². The Bertz CT molecular complexity index is 887. The fourth-order valence-electron chi connectivity index (χ4n) is 4.33. The summed E-state index contributed by atoms with van der Waals surface area (Å²) in [7, 11) is 1.62. The number of hydrogen-bond donors (Lipinski definition) is 1. The highest BCUT2D eigenvalue weighted by molar-refractivity contribution is 5.84. The summed E-state index contributed by atoms with van der Waals surface area (Å²) in [5.41, 5.74) is 7.35. The number of ether oxygens (including phenoxy) is 1. The van der Waals surface area contributed by atoms with E-state index in [9.17, 15) is 4.79 Å². The van der Waals surface area contributed by atoms with E-state index in [2.05, 4.69) is 61.3 Å². The number of benzene rings is 2. The maximum absolute atomic E-state index is 12.1. The Morgan fingerprint density at radius 1 is 1.28 bits per heavy atom. The van der Waals surface area contributed by atoms with Crippen LogP contribution in [0.2, 0.25) is 0 Å². The molecular formula is C24H31N3O2. The highest BCUT2D eigenvalue weighted by Crippen LogP contribution is 2.43. The van der Waals surface area contributed by atoms with Gasteiger partial charge in [-0.3, -0.25) is 4.79 Å². The summed E-state index contributed by atoms with van der Waals surface area (Å²) < 4.78 is 5.13. The third kappa shape index (κ3) is 4.78. The minimum absolute atomic E-state index is 0.142. The molecule has 1 atom stereocenters. The molecule has 1 N–H and O–H groups in total. The molecule has 29 heavy (non-hydrogen) atoms. The second kappa shape index (κ2) is 8.68. The van der Waals surface area contributed by atoms with Crippen molar-refractivity contribution in [2.75, 3.05) is 18.6 Å². The average molecular weight is 394 g/mol. The first kappa shape index (κ1) is 20.9. The number of methoxy groups -OCH3 is 1. The Morgan fingerprint density at radius 3 is 2.66 bits per heavy atom. The zero-order chi connectivity index (χ0) is 21.0. The largest absolute Gasteiger partial charge is 0.497 e. The van der Waals surface area contributed by atoms with E-state index >= 15 is 0 Å². The summed E-state index contributed by atoms with van der Waals surface area (Å²) in [4.78, 5) is 14.6. The number of hydrogen-bond acceptors (Lipinski definition) is 4. The van der Waals surface area contributed by atoms with Crippen molar-refractivity contribution in [2.24, 2.45) is 5.10 Å². The summed E-state index contributed by atoms with van der Waals surface area (Å²) in [6.45, 7) is 10.1. The van der Waals surface area contributed by atoms with Crippen LogP contribution in [0.4, 0.5) is 5.69 Å². The monoisotopic (exact) mass is 393 g/mol. The van der Waals surface area contributed by atoms with E-state index in [1.54, 1.807) is 13.3 Å². The Labute approximate surface area is 173 Å². The number of rotatable bonds is 6. The van der Waals surface area contributed by atoms with Crippen molar-refractivity contribution in [3.63, 3.8) is 0 Å². The number of carbonyl (C=O) groups excluding carboxylic acids is 1. The number of fused-ring (bicyclic) bond motifs is 1. The first-order valence-electron chi connectivity index (χ1n) is 10.2. The lowest BCUT2D eigenvalue weighted by atomic mass is 9.79. The lowest BCUT2D eigenvalue weighted by Crippen LogP contribution is -2.48. The molecule has 0 bridgehead atoms. The molecule has 0 spiro atoms. The van der Waals surface area contributed by atoms with Gasteiger partial charge in [0.25, 0.3) is 0 Å². The molecule has 0 fully saturated rings. The van der Waals surface area contributed by atoms with Crippen LogP contribution in [0.3, 0.4) is 0 Å². The van der Waals surface area contributed by atoms with Gasteiger partial charge in [0.2, 0.25) is 5.91 Å². The Hall–Kier alpha value is -2.82. The van der Waals surface area contributed by atoms with Crippen LogP contribution >= 0.6 is 0 Å². The second-order valence-corrected chi connectivity index (χ2v) is 8.30. The minimum Gasteiger partial charge on any atom is -0.497 e. The van der Waals surface area contributed by atoms with Crippen molar-refractivity contribution in [3.8, 4) is 5.75 Å². The van der Waals surface area contributed by atoms with E-state index in [0.29, 0.717) is 5.92 Å². The number of anilines is 1. The first-order chi connectivity index (χ1) is 13.8. The highest BCUT2D eigenvalue weighted by Gasteiger charge is 2.35. The Morgan fingerprint density at radius 2 is 2.00 bits per heavy atom. The molecule has 3 rings (SSSR count). The van der Waals surface area contributed by atoms with E-state index < -0.39 is 0 Å². The van der Waals surface area contributed by atoms with Gasteiger partial charge in [0.1, 0.15) is 5.75 Å².